The van der Waals surface area contributed by atoms with Crippen LogP contribution in [0.15, 0.2) is 35.7 Å². The summed E-state index contributed by atoms with van der Waals surface area (Å²) < 4.78 is 5.26. The summed E-state index contributed by atoms with van der Waals surface area (Å²) in [6, 6.07) is 5.63. The number of aliphatic hydroxyl groups is 1. The van der Waals surface area contributed by atoms with Crippen LogP contribution < -0.4 is 0 Å². The van der Waals surface area contributed by atoms with Crippen molar-refractivity contribution in [2.75, 3.05) is 5.75 Å². The molecule has 1 aromatic carbocycles. The third-order valence-corrected chi connectivity index (χ3v) is 5.56. The molecule has 0 saturated carbocycles. The maximum Gasteiger partial charge on any atom is 0.358 e. The predicted octanol–water partition coefficient (Wildman–Crippen LogP) is 3.91. The molecule has 1 heterocycles. The molecular weight excluding hydrogens is 384 g/mol. The Balaban J connectivity index is 2.07. The average Bonchev–Trinajstić information content (AvgIpc) is 2.69. The number of unbranched alkanes of at least 4 members (excludes halogenated alkanes) is 1. The number of likely N-dealkylation sites (tertiary alicyclic amines) is 1. The number of carbonyl (C=O) groups is 2. The van der Waals surface area contributed by atoms with E-state index in [1.54, 1.807) is 18.7 Å². The van der Waals surface area contributed by atoms with E-state index in [2.05, 4.69) is 6.92 Å². The molecule has 0 aliphatic carbocycles. The smallest absolute Gasteiger partial charge is 0.358 e. The Morgan fingerprint density at radius 2 is 2.04 bits per heavy atom. The fourth-order valence-electron chi connectivity index (χ4n) is 2.61. The van der Waals surface area contributed by atoms with Gasteiger partial charge in [-0.3, -0.25) is 19.8 Å². The van der Waals surface area contributed by atoms with Crippen molar-refractivity contribution in [1.29, 1.82) is 0 Å². The van der Waals surface area contributed by atoms with Crippen LogP contribution in [0.25, 0.3) is 0 Å². The number of rotatable bonds is 10. The van der Waals surface area contributed by atoms with Crippen molar-refractivity contribution >= 4 is 29.3 Å². The number of nitro benzene ring substituents is 1. The van der Waals surface area contributed by atoms with Gasteiger partial charge in [0.1, 0.15) is 12.4 Å². The van der Waals surface area contributed by atoms with E-state index in [1.807, 2.05) is 0 Å². The Bertz CT molecular complexity index is 762. The first kappa shape index (κ1) is 21.7. The van der Waals surface area contributed by atoms with E-state index < -0.39 is 10.9 Å². The van der Waals surface area contributed by atoms with Gasteiger partial charge in [-0.25, -0.2) is 4.79 Å². The van der Waals surface area contributed by atoms with Gasteiger partial charge in [0.25, 0.3) is 5.69 Å². The number of non-ortho nitro benzene ring substituents is 1. The van der Waals surface area contributed by atoms with E-state index in [4.69, 9.17) is 4.74 Å². The number of hydrogen-bond acceptors (Lipinski definition) is 7. The Hall–Kier alpha value is -2.55. The zero-order valence-corrected chi connectivity index (χ0v) is 16.7. The summed E-state index contributed by atoms with van der Waals surface area (Å²) in [6.45, 7) is 3.64. The number of carbonyl (C=O) groups excluding carboxylic acids is 2. The molecule has 1 amide bonds. The Kier molecular flexibility index (Phi) is 7.86. The number of nitrogens with zero attached hydrogens (tertiary/aromatic N) is 2. The van der Waals surface area contributed by atoms with Crippen molar-refractivity contribution in [3.8, 4) is 0 Å². The number of hydrogen-bond donors (Lipinski definition) is 1. The molecule has 1 saturated heterocycles. The second kappa shape index (κ2) is 10.1. The minimum atomic E-state index is -0.785. The number of thioether (sulfide) groups is 1. The molecule has 1 aliphatic heterocycles. The van der Waals surface area contributed by atoms with Crippen LogP contribution in [0.5, 0.6) is 0 Å². The van der Waals surface area contributed by atoms with E-state index in [-0.39, 0.29) is 41.5 Å². The van der Waals surface area contributed by atoms with Crippen LogP contribution in [0.4, 0.5) is 5.69 Å². The minimum Gasteiger partial charge on any atom is -0.510 e. The van der Waals surface area contributed by atoms with E-state index in [0.29, 0.717) is 12.0 Å². The number of β-lactam (4-membered cyclic amide) rings is 1. The van der Waals surface area contributed by atoms with Crippen LogP contribution in [-0.4, -0.2) is 37.9 Å². The normalized spacial score (nSPS) is 17.0. The monoisotopic (exact) mass is 408 g/mol. The number of esters is 1. The van der Waals surface area contributed by atoms with Gasteiger partial charge < -0.3 is 9.84 Å². The van der Waals surface area contributed by atoms with E-state index in [9.17, 15) is 24.8 Å². The lowest BCUT2D eigenvalue weighted by Gasteiger charge is -2.40. The zero-order chi connectivity index (χ0) is 20.7. The molecule has 0 radical (unpaired) electrons. The molecule has 1 atom stereocenters. The quantitative estimate of drug-likeness (QED) is 0.119. The summed E-state index contributed by atoms with van der Waals surface area (Å²) in [7, 11) is 0. The van der Waals surface area contributed by atoms with Crippen LogP contribution in [0.1, 0.15) is 45.1 Å². The third-order valence-electron chi connectivity index (χ3n) is 4.27. The van der Waals surface area contributed by atoms with Crippen molar-refractivity contribution < 1.29 is 24.4 Å². The van der Waals surface area contributed by atoms with Gasteiger partial charge in [0.2, 0.25) is 5.91 Å². The van der Waals surface area contributed by atoms with Gasteiger partial charge in [-0.05, 0) is 29.9 Å². The van der Waals surface area contributed by atoms with Gasteiger partial charge in [-0.1, -0.05) is 20.3 Å². The predicted molar refractivity (Wildman–Crippen MR) is 105 cm³/mol. The SMILES string of the molecule is CCCCSC1CC(=O)N1C(C(=O)OCc1ccc([N+](=O)[O-])cc1)=C(O)CC. The standard InChI is InChI=1S/C19H24N2O6S/c1-3-5-10-28-17-11-16(23)20(17)18(15(22)4-2)19(24)27-12-13-6-8-14(9-7-13)21(25)26/h6-9,17,22H,3-5,10-12H2,1-2H3. The lowest BCUT2D eigenvalue weighted by atomic mass is 10.1. The number of amides is 1. The van der Waals surface area contributed by atoms with Gasteiger partial charge in [0, 0.05) is 18.6 Å². The molecule has 9 heteroatoms. The molecule has 1 aromatic rings. The van der Waals surface area contributed by atoms with Crippen LogP contribution >= 0.6 is 11.8 Å². The van der Waals surface area contributed by atoms with Crippen molar-refractivity contribution in [2.24, 2.45) is 0 Å². The van der Waals surface area contributed by atoms with Crippen molar-refractivity contribution in [3.05, 3.63) is 51.4 Å². The van der Waals surface area contributed by atoms with Gasteiger partial charge >= 0.3 is 5.97 Å². The first-order chi connectivity index (χ1) is 13.4. The topological polar surface area (TPSA) is 110 Å². The first-order valence-corrected chi connectivity index (χ1v) is 10.2. The summed E-state index contributed by atoms with van der Waals surface area (Å²) in [5.74, 6) is -0.339. The first-order valence-electron chi connectivity index (χ1n) is 9.15. The maximum atomic E-state index is 12.6. The largest absolute Gasteiger partial charge is 0.510 e. The number of aliphatic hydroxyl groups excluding tert-OH is 1. The highest BCUT2D eigenvalue weighted by Crippen LogP contribution is 2.35. The van der Waals surface area contributed by atoms with E-state index in [0.717, 1.165) is 18.6 Å². The van der Waals surface area contributed by atoms with Crippen molar-refractivity contribution in [1.82, 2.24) is 4.90 Å². The molecule has 0 bridgehead atoms. The van der Waals surface area contributed by atoms with E-state index in [1.165, 1.54) is 29.2 Å². The van der Waals surface area contributed by atoms with Gasteiger partial charge in [-0.2, -0.15) is 0 Å². The van der Waals surface area contributed by atoms with Gasteiger partial charge in [0.15, 0.2) is 5.70 Å². The zero-order valence-electron chi connectivity index (χ0n) is 15.9. The summed E-state index contributed by atoms with van der Waals surface area (Å²) in [5, 5.41) is 20.7. The average molecular weight is 408 g/mol. The number of ether oxygens (including phenoxy) is 1. The summed E-state index contributed by atoms with van der Waals surface area (Å²) in [5.41, 5.74) is 0.394. The second-order valence-corrected chi connectivity index (χ2v) is 7.58. The van der Waals surface area contributed by atoms with Crippen molar-refractivity contribution in [2.45, 2.75) is 51.5 Å². The molecule has 1 unspecified atom stereocenters. The molecule has 0 spiro atoms. The lowest BCUT2D eigenvalue weighted by Crippen LogP contribution is -2.52. The molecule has 28 heavy (non-hydrogen) atoms. The molecule has 1 aliphatic rings. The van der Waals surface area contributed by atoms with Crippen molar-refractivity contribution in [3.63, 3.8) is 0 Å². The van der Waals surface area contributed by atoms with Gasteiger partial charge in [0.05, 0.1) is 16.7 Å². The molecule has 1 N–H and O–H groups in total. The highest BCUT2D eigenvalue weighted by atomic mass is 32.2. The molecule has 152 valence electrons. The van der Waals surface area contributed by atoms with Gasteiger partial charge in [-0.15, -0.1) is 11.8 Å². The lowest BCUT2D eigenvalue weighted by molar-refractivity contribution is -0.384. The van der Waals surface area contributed by atoms with Crippen LogP contribution in [-0.2, 0) is 20.9 Å². The fourth-order valence-corrected chi connectivity index (χ4v) is 3.97. The highest BCUT2D eigenvalue weighted by molar-refractivity contribution is 8.00. The Morgan fingerprint density at radius 3 is 2.57 bits per heavy atom. The van der Waals surface area contributed by atoms with Crippen LogP contribution in [0.2, 0.25) is 0 Å². The molecule has 0 aromatic heterocycles. The molecule has 1 fully saturated rings. The van der Waals surface area contributed by atoms with Crippen LogP contribution in [0.3, 0.4) is 0 Å². The summed E-state index contributed by atoms with van der Waals surface area (Å²) in [6.07, 6.45) is 2.56. The molecule has 8 nitrogen and oxygen atoms in total. The third kappa shape index (κ3) is 5.25. The van der Waals surface area contributed by atoms with E-state index >= 15 is 0 Å². The number of allylic oxidation sites excluding steroid dienone is 1. The molecule has 2 rings (SSSR count). The maximum absolute atomic E-state index is 12.6. The number of nitro groups is 1. The van der Waals surface area contributed by atoms with Crippen LogP contribution in [0, 0.1) is 10.1 Å². The summed E-state index contributed by atoms with van der Waals surface area (Å²) >= 11 is 1.58. The summed E-state index contributed by atoms with van der Waals surface area (Å²) in [4.78, 5) is 36.2. The minimum absolute atomic E-state index is 0.0580. The Labute approximate surface area is 167 Å². The fraction of sp³-hybridized carbons (Fsp3) is 0.474. The number of benzene rings is 1. The second-order valence-electron chi connectivity index (χ2n) is 6.30. The Morgan fingerprint density at radius 1 is 1.36 bits per heavy atom. The molecular formula is C19H24N2O6S. The highest BCUT2D eigenvalue weighted by Gasteiger charge is 2.43.